The molecule has 150 valence electrons. The lowest BCUT2D eigenvalue weighted by molar-refractivity contribution is 0.661. The lowest BCUT2D eigenvalue weighted by atomic mass is 9.98. The molecule has 0 fully saturated rings. The van der Waals surface area contributed by atoms with E-state index in [2.05, 4.69) is 56.7 Å². The van der Waals surface area contributed by atoms with Crippen molar-refractivity contribution < 1.29 is 0 Å². The van der Waals surface area contributed by atoms with Crippen molar-refractivity contribution in [3.63, 3.8) is 0 Å². The van der Waals surface area contributed by atoms with Crippen LogP contribution in [-0.4, -0.2) is 29.8 Å². The Balaban J connectivity index is 1.64. The standard InChI is InChI=1S/C23H22N6O/c1-3-5-8-19-16-28(4-2)23(30)29(19)15-17-11-13-18(14-12-17)20-9-6-7-10-21(20)22-24-26-27-25-22/h6-7,9-14,16H,4,8,15H2,1-2H3,(H,24,25,26,27). The van der Waals surface area contributed by atoms with Crippen molar-refractivity contribution in [2.24, 2.45) is 0 Å². The molecule has 0 unspecified atom stereocenters. The molecule has 4 rings (SSSR count). The topological polar surface area (TPSA) is 81.4 Å². The van der Waals surface area contributed by atoms with E-state index in [1.54, 1.807) is 9.13 Å². The normalized spacial score (nSPS) is 10.6. The van der Waals surface area contributed by atoms with Crippen LogP contribution in [0.5, 0.6) is 0 Å². The molecule has 2 aromatic heterocycles. The van der Waals surface area contributed by atoms with Crippen LogP contribution >= 0.6 is 0 Å². The lowest BCUT2D eigenvalue weighted by Gasteiger charge is -2.09. The maximum Gasteiger partial charge on any atom is 0.328 e. The Morgan fingerprint density at radius 1 is 1.07 bits per heavy atom. The van der Waals surface area contributed by atoms with Gasteiger partial charge in [-0.25, -0.2) is 9.89 Å². The lowest BCUT2D eigenvalue weighted by Crippen LogP contribution is -2.25. The van der Waals surface area contributed by atoms with E-state index in [-0.39, 0.29) is 5.69 Å². The Hall–Kier alpha value is -3.92. The summed E-state index contributed by atoms with van der Waals surface area (Å²) in [6.45, 7) is 4.94. The largest absolute Gasteiger partial charge is 0.328 e. The first-order valence-electron chi connectivity index (χ1n) is 9.82. The number of nitrogens with one attached hydrogen (secondary N) is 1. The SMILES string of the molecule is CC#CCc1cn(CC)c(=O)n1Cc1ccc(-c2ccccc2-c2nnn[nH]2)cc1. The molecule has 0 radical (unpaired) electrons. The van der Waals surface area contributed by atoms with Crippen LogP contribution in [0.25, 0.3) is 22.5 Å². The van der Waals surface area contributed by atoms with E-state index in [4.69, 9.17) is 0 Å². The van der Waals surface area contributed by atoms with Crippen LogP contribution in [0.3, 0.4) is 0 Å². The van der Waals surface area contributed by atoms with Crippen LogP contribution < -0.4 is 5.69 Å². The summed E-state index contributed by atoms with van der Waals surface area (Å²) < 4.78 is 3.53. The third-order valence-corrected chi connectivity index (χ3v) is 5.05. The summed E-state index contributed by atoms with van der Waals surface area (Å²) in [6, 6.07) is 16.2. The van der Waals surface area contributed by atoms with Crippen molar-refractivity contribution in [1.29, 1.82) is 0 Å². The molecule has 0 aliphatic carbocycles. The third-order valence-electron chi connectivity index (χ3n) is 5.05. The van der Waals surface area contributed by atoms with Crippen LogP contribution in [0.4, 0.5) is 0 Å². The molecule has 0 spiro atoms. The fraction of sp³-hybridized carbons (Fsp3) is 0.217. The zero-order chi connectivity index (χ0) is 20.9. The number of benzene rings is 2. The summed E-state index contributed by atoms with van der Waals surface area (Å²) in [4.78, 5) is 12.7. The van der Waals surface area contributed by atoms with Crippen molar-refractivity contribution in [2.75, 3.05) is 0 Å². The maximum absolute atomic E-state index is 12.7. The van der Waals surface area contributed by atoms with Crippen molar-refractivity contribution in [2.45, 2.75) is 33.4 Å². The molecule has 2 heterocycles. The van der Waals surface area contributed by atoms with E-state index in [0.717, 1.165) is 27.9 Å². The summed E-state index contributed by atoms with van der Waals surface area (Å²) in [6.07, 6.45) is 2.47. The second-order valence-electron chi connectivity index (χ2n) is 6.87. The van der Waals surface area contributed by atoms with E-state index in [0.29, 0.717) is 25.3 Å². The Bertz CT molecular complexity index is 1250. The Kier molecular flexibility index (Phi) is 5.57. The number of H-pyrrole nitrogens is 1. The molecular formula is C23H22N6O. The van der Waals surface area contributed by atoms with Gasteiger partial charge < -0.3 is 0 Å². The number of hydrogen-bond acceptors (Lipinski definition) is 4. The first kappa shape index (κ1) is 19.4. The summed E-state index contributed by atoms with van der Waals surface area (Å²) in [5.74, 6) is 6.60. The summed E-state index contributed by atoms with van der Waals surface area (Å²) in [5, 5.41) is 14.2. The molecule has 7 heteroatoms. The average Bonchev–Trinajstić information content (AvgIpc) is 3.42. The molecule has 30 heavy (non-hydrogen) atoms. The quantitative estimate of drug-likeness (QED) is 0.506. The summed E-state index contributed by atoms with van der Waals surface area (Å²) >= 11 is 0. The molecule has 0 aliphatic heterocycles. The maximum atomic E-state index is 12.7. The molecule has 1 N–H and O–H groups in total. The highest BCUT2D eigenvalue weighted by Gasteiger charge is 2.12. The van der Waals surface area contributed by atoms with E-state index < -0.39 is 0 Å². The van der Waals surface area contributed by atoms with Gasteiger partial charge in [-0.15, -0.1) is 11.0 Å². The summed E-state index contributed by atoms with van der Waals surface area (Å²) in [5.41, 5.74) is 5.02. The highest BCUT2D eigenvalue weighted by Crippen LogP contribution is 2.29. The zero-order valence-electron chi connectivity index (χ0n) is 17.0. The van der Waals surface area contributed by atoms with Gasteiger partial charge in [0.2, 0.25) is 0 Å². The zero-order valence-corrected chi connectivity index (χ0v) is 17.0. The molecule has 4 aromatic rings. The molecule has 0 bridgehead atoms. The molecule has 0 saturated heterocycles. The molecule has 0 atom stereocenters. The van der Waals surface area contributed by atoms with Crippen LogP contribution in [-0.2, 0) is 19.5 Å². The number of nitrogens with zero attached hydrogens (tertiary/aromatic N) is 5. The minimum atomic E-state index is -0.00218. The second kappa shape index (κ2) is 8.62. The average molecular weight is 398 g/mol. The van der Waals surface area contributed by atoms with E-state index in [1.807, 2.05) is 44.3 Å². The van der Waals surface area contributed by atoms with Gasteiger partial charge in [-0.1, -0.05) is 54.5 Å². The van der Waals surface area contributed by atoms with Gasteiger partial charge in [0.05, 0.1) is 18.7 Å². The smallest absolute Gasteiger partial charge is 0.299 e. The van der Waals surface area contributed by atoms with E-state index in [9.17, 15) is 4.79 Å². The first-order valence-corrected chi connectivity index (χ1v) is 9.82. The van der Waals surface area contributed by atoms with Gasteiger partial charge in [0.25, 0.3) is 0 Å². The van der Waals surface area contributed by atoms with Gasteiger partial charge in [-0.3, -0.25) is 9.13 Å². The van der Waals surface area contributed by atoms with E-state index >= 15 is 0 Å². The molecular weight excluding hydrogens is 376 g/mol. The molecule has 7 nitrogen and oxygen atoms in total. The van der Waals surface area contributed by atoms with Gasteiger partial charge in [0.1, 0.15) is 0 Å². The predicted molar refractivity (Wildman–Crippen MR) is 116 cm³/mol. The van der Waals surface area contributed by atoms with Crippen molar-refractivity contribution in [3.8, 4) is 34.4 Å². The van der Waals surface area contributed by atoms with Crippen molar-refractivity contribution in [1.82, 2.24) is 29.8 Å². The van der Waals surface area contributed by atoms with E-state index in [1.165, 1.54) is 0 Å². The minimum absolute atomic E-state index is 0.00218. The fourth-order valence-corrected chi connectivity index (χ4v) is 3.49. The number of rotatable bonds is 6. The van der Waals surface area contributed by atoms with Gasteiger partial charge in [-0.05, 0) is 41.0 Å². The minimum Gasteiger partial charge on any atom is -0.299 e. The predicted octanol–water partition coefficient (Wildman–Crippen LogP) is 3.13. The Morgan fingerprint density at radius 2 is 1.83 bits per heavy atom. The number of hydrogen-bond donors (Lipinski definition) is 1. The van der Waals surface area contributed by atoms with Crippen molar-refractivity contribution >= 4 is 0 Å². The monoisotopic (exact) mass is 398 g/mol. The van der Waals surface area contributed by atoms with Gasteiger partial charge >= 0.3 is 5.69 Å². The van der Waals surface area contributed by atoms with Crippen LogP contribution in [0.15, 0.2) is 59.5 Å². The Morgan fingerprint density at radius 3 is 2.50 bits per heavy atom. The van der Waals surface area contributed by atoms with Crippen LogP contribution in [0.1, 0.15) is 25.1 Å². The third kappa shape index (κ3) is 3.80. The fourth-order valence-electron chi connectivity index (χ4n) is 3.49. The van der Waals surface area contributed by atoms with Gasteiger partial charge in [-0.2, -0.15) is 0 Å². The van der Waals surface area contributed by atoms with Gasteiger partial charge in [0, 0.05) is 18.3 Å². The molecule has 0 aliphatic rings. The number of aryl methyl sites for hydroxylation is 1. The first-order chi connectivity index (χ1) is 14.7. The van der Waals surface area contributed by atoms with Crippen LogP contribution in [0.2, 0.25) is 0 Å². The summed E-state index contributed by atoms with van der Waals surface area (Å²) in [7, 11) is 0. The van der Waals surface area contributed by atoms with Crippen LogP contribution in [0, 0.1) is 11.8 Å². The second-order valence-corrected chi connectivity index (χ2v) is 6.87. The number of aromatic nitrogens is 6. The highest BCUT2D eigenvalue weighted by molar-refractivity contribution is 5.80. The number of imidazole rings is 1. The highest BCUT2D eigenvalue weighted by atomic mass is 16.1. The van der Waals surface area contributed by atoms with Crippen molar-refractivity contribution in [3.05, 3.63) is 76.5 Å². The Labute approximate surface area is 174 Å². The molecule has 0 amide bonds. The number of tetrazole rings is 1. The number of aromatic amines is 1. The van der Waals surface area contributed by atoms with Gasteiger partial charge in [0.15, 0.2) is 5.82 Å². The molecule has 0 saturated carbocycles. The molecule has 2 aromatic carbocycles.